The summed E-state index contributed by atoms with van der Waals surface area (Å²) in [6.45, 7) is -4.95. The first-order chi connectivity index (χ1) is 20.1. The molecular weight excluding hydrogens is 599 g/mol. The number of rotatable bonds is 11. The lowest BCUT2D eigenvalue weighted by Gasteiger charge is -2.33. The molecule has 4 aromatic rings. The fourth-order valence-electron chi connectivity index (χ4n) is 4.23. The van der Waals surface area contributed by atoms with Gasteiger partial charge < -0.3 is 39.2 Å². The van der Waals surface area contributed by atoms with E-state index in [1.165, 1.54) is 49.4 Å². The smallest absolute Gasteiger partial charge is 0.435 e. The Hall–Kier alpha value is -3.66. The maximum absolute atomic E-state index is 14.7. The maximum Gasteiger partial charge on any atom is 0.435 e. The van der Waals surface area contributed by atoms with E-state index in [0.29, 0.717) is 11.5 Å². The number of fused-ring (bicyclic) bond motifs is 1. The number of alkyl halides is 2. The largest absolute Gasteiger partial charge is 0.497 e. The van der Waals surface area contributed by atoms with Gasteiger partial charge in [-0.05, 0) is 48.5 Å². The van der Waals surface area contributed by atoms with Crippen molar-refractivity contribution in [1.82, 2.24) is 19.5 Å². The van der Waals surface area contributed by atoms with Crippen molar-refractivity contribution in [2.45, 2.75) is 30.5 Å². The van der Waals surface area contributed by atoms with Gasteiger partial charge in [-0.15, -0.1) is 0 Å². The number of nitrogen functional groups attached to an aromatic ring is 1. The van der Waals surface area contributed by atoms with Gasteiger partial charge in [0.05, 0.1) is 27.2 Å². The second-order valence-corrected chi connectivity index (χ2v) is 11.9. The average Bonchev–Trinajstić information content (AvgIpc) is 3.53. The topological polar surface area (TPSA) is 165 Å². The zero-order valence-electron chi connectivity index (χ0n) is 22.1. The second-order valence-electron chi connectivity index (χ2n) is 9.04. The maximum atomic E-state index is 14.7. The molecular formula is C25H26F2N5O8PS. The van der Waals surface area contributed by atoms with Gasteiger partial charge in [-0.1, -0.05) is 0 Å². The first-order valence-corrected chi connectivity index (χ1v) is 14.8. The summed E-state index contributed by atoms with van der Waals surface area (Å²) in [6, 6.07) is 12.5. The summed E-state index contributed by atoms with van der Waals surface area (Å²) in [5.41, 5.74) is 3.32. The van der Waals surface area contributed by atoms with E-state index in [1.54, 1.807) is 24.3 Å². The van der Waals surface area contributed by atoms with Crippen molar-refractivity contribution in [1.29, 1.82) is 0 Å². The zero-order valence-corrected chi connectivity index (χ0v) is 23.8. The minimum Gasteiger partial charge on any atom is -0.497 e. The van der Waals surface area contributed by atoms with Gasteiger partial charge in [0, 0.05) is 11.8 Å². The van der Waals surface area contributed by atoms with Crippen molar-refractivity contribution < 1.29 is 46.8 Å². The molecule has 0 radical (unpaired) electrons. The Labute approximate surface area is 243 Å². The Kier molecular flexibility index (Phi) is 8.46. The van der Waals surface area contributed by atoms with Gasteiger partial charge in [-0.2, -0.15) is 0 Å². The fraction of sp³-hybridized carbons (Fsp3) is 0.320. The number of aliphatic hydroxyl groups is 2. The van der Waals surface area contributed by atoms with Gasteiger partial charge in [-0.25, -0.2) is 23.7 Å². The molecule has 1 aliphatic heterocycles. The lowest BCUT2D eigenvalue weighted by molar-refractivity contribution is -0.191. The molecule has 2 aromatic heterocycles. The monoisotopic (exact) mass is 625 g/mol. The van der Waals surface area contributed by atoms with E-state index in [9.17, 15) is 19.0 Å². The molecule has 17 heteroatoms. The number of methoxy groups -OCH3 is 2. The molecule has 13 nitrogen and oxygen atoms in total. The molecule has 0 saturated carbocycles. The molecule has 1 saturated heterocycles. The molecule has 3 heterocycles. The first-order valence-electron chi connectivity index (χ1n) is 12.3. The van der Waals surface area contributed by atoms with E-state index in [2.05, 4.69) is 15.0 Å². The van der Waals surface area contributed by atoms with Crippen molar-refractivity contribution >= 4 is 35.5 Å². The molecule has 1 aliphatic rings. The highest BCUT2D eigenvalue weighted by atomic mass is 32.5. The first kappa shape index (κ1) is 29.8. The Balaban J connectivity index is 1.44. The standard InChI is InChI=1S/C25H26F2N5O8PS/c1-35-14-3-7-16(8-4-14)39-41(42,40-17-9-5-15(36-2)6-10-17)37-11-25(24(26)27)20(34)19(33)23(38-25)32-13-31-18-21(28)29-12-30-22(18)32/h3-10,12-13,19-20,23-24,33-34H,11H2,1-2H3,(H2,28,29,30). The van der Waals surface area contributed by atoms with Crippen LogP contribution in [0.4, 0.5) is 14.6 Å². The summed E-state index contributed by atoms with van der Waals surface area (Å²) in [7, 11) is 2.98. The van der Waals surface area contributed by atoms with Gasteiger partial charge in [0.25, 0.3) is 6.43 Å². The Morgan fingerprint density at radius 2 is 1.52 bits per heavy atom. The van der Waals surface area contributed by atoms with Crippen LogP contribution in [0.5, 0.6) is 23.0 Å². The number of benzene rings is 2. The van der Waals surface area contributed by atoms with Crippen LogP contribution in [-0.4, -0.2) is 74.8 Å². The quantitative estimate of drug-likeness (QED) is 0.209. The van der Waals surface area contributed by atoms with Crippen LogP contribution in [-0.2, 0) is 21.1 Å². The molecule has 4 atom stereocenters. The van der Waals surface area contributed by atoms with E-state index in [4.69, 9.17) is 45.3 Å². The van der Waals surface area contributed by atoms with Crippen molar-refractivity contribution in [2.24, 2.45) is 0 Å². The number of hydrogen-bond acceptors (Lipinski definition) is 13. The molecule has 0 bridgehead atoms. The Morgan fingerprint density at radius 3 is 2.05 bits per heavy atom. The number of nitrogens with two attached hydrogens (primary N) is 1. The van der Waals surface area contributed by atoms with E-state index < -0.39 is 43.8 Å². The highest BCUT2D eigenvalue weighted by molar-refractivity contribution is 8.07. The van der Waals surface area contributed by atoms with Gasteiger partial charge in [0.1, 0.15) is 47.1 Å². The van der Waals surface area contributed by atoms with Crippen LogP contribution in [0.15, 0.2) is 61.2 Å². The predicted octanol–water partition coefficient (Wildman–Crippen LogP) is 3.08. The average molecular weight is 626 g/mol. The zero-order chi connectivity index (χ0) is 30.1. The van der Waals surface area contributed by atoms with Crippen LogP contribution in [0.3, 0.4) is 0 Å². The fourth-order valence-corrected chi connectivity index (χ4v) is 6.17. The van der Waals surface area contributed by atoms with Gasteiger partial charge >= 0.3 is 6.72 Å². The van der Waals surface area contributed by atoms with E-state index >= 15 is 0 Å². The van der Waals surface area contributed by atoms with Crippen molar-refractivity contribution in [2.75, 3.05) is 26.6 Å². The molecule has 0 aliphatic carbocycles. The summed E-state index contributed by atoms with van der Waals surface area (Å²) >= 11 is 5.61. The number of anilines is 1. The summed E-state index contributed by atoms with van der Waals surface area (Å²) in [6.07, 6.45) is -6.56. The van der Waals surface area contributed by atoms with Gasteiger partial charge in [0.15, 0.2) is 23.3 Å². The Bertz CT molecular complexity index is 1530. The van der Waals surface area contributed by atoms with Crippen molar-refractivity contribution in [3.63, 3.8) is 0 Å². The van der Waals surface area contributed by atoms with Gasteiger partial charge in [0.2, 0.25) is 0 Å². The van der Waals surface area contributed by atoms with Crippen molar-refractivity contribution in [3.8, 4) is 23.0 Å². The van der Waals surface area contributed by atoms with E-state index in [0.717, 1.165) is 6.33 Å². The Morgan fingerprint density at radius 1 is 0.976 bits per heavy atom. The minimum atomic E-state index is -3.93. The molecule has 0 amide bonds. The number of aliphatic hydroxyl groups excluding tert-OH is 2. The third-order valence-electron chi connectivity index (χ3n) is 6.49. The van der Waals surface area contributed by atoms with Crippen LogP contribution < -0.4 is 24.3 Å². The highest BCUT2D eigenvalue weighted by Crippen LogP contribution is 2.53. The summed E-state index contributed by atoms with van der Waals surface area (Å²) in [4.78, 5) is 12.0. The second kappa shape index (κ2) is 11.9. The predicted molar refractivity (Wildman–Crippen MR) is 148 cm³/mol. The number of halogens is 2. The normalized spacial score (nSPS) is 22.4. The number of nitrogens with zero attached hydrogens (tertiary/aromatic N) is 4. The molecule has 42 heavy (non-hydrogen) atoms. The lowest BCUT2D eigenvalue weighted by Crippen LogP contribution is -2.52. The highest BCUT2D eigenvalue weighted by Gasteiger charge is 2.61. The third-order valence-corrected chi connectivity index (χ3v) is 8.57. The number of hydrogen-bond donors (Lipinski definition) is 3. The number of ether oxygens (including phenoxy) is 3. The van der Waals surface area contributed by atoms with Crippen LogP contribution in [0.2, 0.25) is 0 Å². The summed E-state index contributed by atoms with van der Waals surface area (Å²) in [5, 5.41) is 21.8. The molecule has 2 aromatic carbocycles. The minimum absolute atomic E-state index is 0.0299. The summed E-state index contributed by atoms with van der Waals surface area (Å²) in [5.74, 6) is 1.50. The van der Waals surface area contributed by atoms with Gasteiger partial charge in [-0.3, -0.25) is 9.09 Å². The molecule has 4 unspecified atom stereocenters. The van der Waals surface area contributed by atoms with Crippen LogP contribution in [0.25, 0.3) is 11.2 Å². The van der Waals surface area contributed by atoms with E-state index in [1.807, 2.05) is 0 Å². The van der Waals surface area contributed by atoms with Crippen LogP contribution in [0, 0.1) is 0 Å². The molecule has 1 fully saturated rings. The van der Waals surface area contributed by atoms with Crippen LogP contribution in [0.1, 0.15) is 6.23 Å². The SMILES string of the molecule is COc1ccc(OP(=S)(OCC2(C(F)F)OC(n3cnc4c(N)ncnc43)C(O)C2O)Oc2ccc(OC)cc2)cc1. The molecule has 224 valence electrons. The number of imidazole rings is 1. The molecule has 0 spiro atoms. The van der Waals surface area contributed by atoms with E-state index in [-0.39, 0.29) is 28.5 Å². The lowest BCUT2D eigenvalue weighted by atomic mass is 9.96. The third kappa shape index (κ3) is 5.69. The van der Waals surface area contributed by atoms with Crippen molar-refractivity contribution in [3.05, 3.63) is 61.2 Å². The molecule has 4 N–H and O–H groups in total. The van der Waals surface area contributed by atoms with Crippen LogP contribution >= 0.6 is 6.72 Å². The molecule has 5 rings (SSSR count). The summed E-state index contributed by atoms with van der Waals surface area (Å²) < 4.78 is 64.1. The number of aromatic nitrogens is 4.